The van der Waals surface area contributed by atoms with Gasteiger partial charge < -0.3 is 0 Å². The van der Waals surface area contributed by atoms with Crippen LogP contribution in [0.3, 0.4) is 0 Å². The average molecular weight is 236 g/mol. The normalized spacial score (nSPS) is 10.3. The van der Waals surface area contributed by atoms with Gasteiger partial charge in [-0.2, -0.15) is 0 Å². The molecule has 0 aliphatic heterocycles. The van der Waals surface area contributed by atoms with E-state index in [4.69, 9.17) is 0 Å². The van der Waals surface area contributed by atoms with E-state index >= 15 is 0 Å². The van der Waals surface area contributed by atoms with Gasteiger partial charge >= 0.3 is 0 Å². The van der Waals surface area contributed by atoms with Crippen LogP contribution in [0.2, 0.25) is 0 Å². The highest BCUT2D eigenvalue weighted by Crippen LogP contribution is 2.28. The zero-order chi connectivity index (χ0) is 10.7. The number of hydrogen-bond donors (Lipinski definition) is 1. The Labute approximate surface area is 97.9 Å². The first-order chi connectivity index (χ1) is 7.24. The van der Waals surface area contributed by atoms with E-state index in [2.05, 4.69) is 12.6 Å². The smallest absolute Gasteiger partial charge is 0.123 e. The molecule has 0 aliphatic carbocycles. The first-order valence-electron chi connectivity index (χ1n) is 4.46. The van der Waals surface area contributed by atoms with Crippen LogP contribution in [0.15, 0.2) is 63.2 Å². The lowest BCUT2D eigenvalue weighted by molar-refractivity contribution is 0.626. The molecule has 0 radical (unpaired) electrons. The van der Waals surface area contributed by atoms with Crippen molar-refractivity contribution < 1.29 is 4.39 Å². The van der Waals surface area contributed by atoms with Gasteiger partial charge in [-0.05, 0) is 48.5 Å². The molecule has 0 saturated carbocycles. The third-order valence-electron chi connectivity index (χ3n) is 1.89. The summed E-state index contributed by atoms with van der Waals surface area (Å²) in [7, 11) is 0. The van der Waals surface area contributed by atoms with Crippen LogP contribution in [0.5, 0.6) is 0 Å². The maximum atomic E-state index is 12.7. The average Bonchev–Trinajstić information content (AvgIpc) is 2.25. The predicted octanol–water partition coefficient (Wildman–Crippen LogP) is 4.27. The summed E-state index contributed by atoms with van der Waals surface area (Å²) in [6, 6.07) is 14.4. The molecule has 2 aromatic carbocycles. The molecular formula is C12H9FS2. The van der Waals surface area contributed by atoms with E-state index in [1.54, 1.807) is 23.9 Å². The molecule has 0 bridgehead atoms. The molecule has 0 aromatic heterocycles. The summed E-state index contributed by atoms with van der Waals surface area (Å²) in [5, 5.41) is 0. The minimum absolute atomic E-state index is 0.204. The molecule has 0 unspecified atom stereocenters. The Kier molecular flexibility index (Phi) is 3.34. The largest absolute Gasteiger partial charge is 0.207 e. The molecule has 2 aromatic rings. The summed E-state index contributed by atoms with van der Waals surface area (Å²) < 4.78 is 12.7. The number of benzene rings is 2. The molecule has 0 saturated heterocycles. The lowest BCUT2D eigenvalue weighted by atomic mass is 10.3. The van der Waals surface area contributed by atoms with Gasteiger partial charge in [-0.25, -0.2) is 4.39 Å². The zero-order valence-corrected chi connectivity index (χ0v) is 9.56. The number of rotatable bonds is 2. The van der Waals surface area contributed by atoms with Crippen molar-refractivity contribution in [1.82, 2.24) is 0 Å². The maximum absolute atomic E-state index is 12.7. The Hall–Kier alpha value is -0.930. The van der Waals surface area contributed by atoms with Crippen molar-refractivity contribution in [2.24, 2.45) is 0 Å². The summed E-state index contributed by atoms with van der Waals surface area (Å²) in [5.74, 6) is -0.204. The second-order valence-corrected chi connectivity index (χ2v) is 4.71. The lowest BCUT2D eigenvalue weighted by Crippen LogP contribution is -1.75. The molecule has 0 amide bonds. The van der Waals surface area contributed by atoms with Crippen molar-refractivity contribution in [3.05, 3.63) is 54.3 Å². The van der Waals surface area contributed by atoms with Gasteiger partial charge in [0.2, 0.25) is 0 Å². The van der Waals surface area contributed by atoms with Gasteiger partial charge in [0.1, 0.15) is 5.82 Å². The van der Waals surface area contributed by atoms with Crippen LogP contribution >= 0.6 is 24.4 Å². The Balaban J connectivity index is 2.15. The monoisotopic (exact) mass is 236 g/mol. The summed E-state index contributed by atoms with van der Waals surface area (Å²) in [5.41, 5.74) is 0. The number of thiol groups is 1. The fourth-order valence-electron chi connectivity index (χ4n) is 1.15. The van der Waals surface area contributed by atoms with E-state index in [-0.39, 0.29) is 5.82 Å². The van der Waals surface area contributed by atoms with Crippen LogP contribution in [0, 0.1) is 5.82 Å². The highest BCUT2D eigenvalue weighted by Gasteiger charge is 1.97. The molecule has 15 heavy (non-hydrogen) atoms. The van der Waals surface area contributed by atoms with E-state index in [0.29, 0.717) is 0 Å². The Morgan fingerprint density at radius 3 is 1.80 bits per heavy atom. The van der Waals surface area contributed by atoms with Crippen molar-refractivity contribution >= 4 is 24.4 Å². The van der Waals surface area contributed by atoms with Crippen molar-refractivity contribution in [3.63, 3.8) is 0 Å². The minimum atomic E-state index is -0.204. The molecule has 0 aliphatic rings. The molecule has 3 heteroatoms. The standard InChI is InChI=1S/C12H9FS2/c13-9-1-5-11(6-2-9)15-12-7-3-10(14)4-8-12/h1-8,14H. The van der Waals surface area contributed by atoms with Crippen LogP contribution in [0.1, 0.15) is 0 Å². The highest BCUT2D eigenvalue weighted by atomic mass is 32.2. The van der Waals surface area contributed by atoms with Gasteiger partial charge in [0.15, 0.2) is 0 Å². The quantitative estimate of drug-likeness (QED) is 0.760. The molecule has 0 N–H and O–H groups in total. The topological polar surface area (TPSA) is 0 Å². The lowest BCUT2D eigenvalue weighted by Gasteiger charge is -2.01. The van der Waals surface area contributed by atoms with E-state index in [0.717, 1.165) is 14.7 Å². The van der Waals surface area contributed by atoms with Crippen LogP contribution < -0.4 is 0 Å². The van der Waals surface area contributed by atoms with Crippen molar-refractivity contribution in [2.75, 3.05) is 0 Å². The molecule has 0 nitrogen and oxygen atoms in total. The first kappa shape index (κ1) is 10.6. The fraction of sp³-hybridized carbons (Fsp3) is 0. The van der Waals surface area contributed by atoms with E-state index in [9.17, 15) is 4.39 Å². The molecule has 0 spiro atoms. The van der Waals surface area contributed by atoms with E-state index < -0.39 is 0 Å². The molecule has 0 atom stereocenters. The molecule has 0 heterocycles. The van der Waals surface area contributed by atoms with Gasteiger partial charge in [-0.15, -0.1) is 12.6 Å². The molecule has 76 valence electrons. The zero-order valence-electron chi connectivity index (χ0n) is 7.85. The maximum Gasteiger partial charge on any atom is 0.123 e. The van der Waals surface area contributed by atoms with Gasteiger partial charge in [0, 0.05) is 14.7 Å². The van der Waals surface area contributed by atoms with Crippen LogP contribution in [0.25, 0.3) is 0 Å². The van der Waals surface area contributed by atoms with Crippen molar-refractivity contribution in [1.29, 1.82) is 0 Å². The fourth-order valence-corrected chi connectivity index (χ4v) is 2.12. The second kappa shape index (κ2) is 4.73. The highest BCUT2D eigenvalue weighted by molar-refractivity contribution is 7.99. The van der Waals surface area contributed by atoms with Gasteiger partial charge in [-0.1, -0.05) is 11.8 Å². The summed E-state index contributed by atoms with van der Waals surface area (Å²) >= 11 is 5.82. The predicted molar refractivity (Wildman–Crippen MR) is 64.2 cm³/mol. The first-order valence-corrected chi connectivity index (χ1v) is 5.73. The van der Waals surface area contributed by atoms with Crippen molar-refractivity contribution in [3.8, 4) is 0 Å². The number of hydrogen-bond acceptors (Lipinski definition) is 2. The second-order valence-electron chi connectivity index (χ2n) is 3.05. The molecule has 0 fully saturated rings. The van der Waals surface area contributed by atoms with E-state index in [1.807, 2.05) is 24.3 Å². The van der Waals surface area contributed by atoms with Crippen LogP contribution in [-0.2, 0) is 0 Å². The Morgan fingerprint density at radius 2 is 1.27 bits per heavy atom. The van der Waals surface area contributed by atoms with E-state index in [1.165, 1.54) is 12.1 Å². The summed E-state index contributed by atoms with van der Waals surface area (Å²) in [6.45, 7) is 0. The minimum Gasteiger partial charge on any atom is -0.207 e. The molecular weight excluding hydrogens is 227 g/mol. The van der Waals surface area contributed by atoms with Gasteiger partial charge in [0.25, 0.3) is 0 Å². The van der Waals surface area contributed by atoms with Gasteiger partial charge in [-0.3, -0.25) is 0 Å². The third kappa shape index (κ3) is 3.01. The number of halogens is 1. The van der Waals surface area contributed by atoms with Crippen LogP contribution in [-0.4, -0.2) is 0 Å². The summed E-state index contributed by atoms with van der Waals surface area (Å²) in [6.07, 6.45) is 0. The van der Waals surface area contributed by atoms with Crippen LogP contribution in [0.4, 0.5) is 4.39 Å². The summed E-state index contributed by atoms with van der Waals surface area (Å²) in [4.78, 5) is 3.10. The third-order valence-corrected chi connectivity index (χ3v) is 3.20. The Bertz CT molecular complexity index is 391. The van der Waals surface area contributed by atoms with Crippen molar-refractivity contribution in [2.45, 2.75) is 14.7 Å². The van der Waals surface area contributed by atoms with Gasteiger partial charge in [0.05, 0.1) is 0 Å². The SMILES string of the molecule is Fc1ccc(Sc2ccc(S)cc2)cc1. The Morgan fingerprint density at radius 1 is 0.800 bits per heavy atom. The molecule has 2 rings (SSSR count).